The molecular formula is C20H22N4O3. The van der Waals surface area contributed by atoms with Gasteiger partial charge in [0.25, 0.3) is 11.1 Å². The summed E-state index contributed by atoms with van der Waals surface area (Å²) in [5.41, 5.74) is 1.07. The summed E-state index contributed by atoms with van der Waals surface area (Å²) in [6.45, 7) is 3.61. The third-order valence-electron chi connectivity index (χ3n) is 4.30. The maximum absolute atomic E-state index is 12.5. The highest BCUT2D eigenvalue weighted by atomic mass is 16.2. The van der Waals surface area contributed by atoms with Crippen LogP contribution in [-0.4, -0.2) is 22.2 Å². The highest BCUT2D eigenvalue weighted by molar-refractivity contribution is 5.91. The van der Waals surface area contributed by atoms with E-state index in [1.54, 1.807) is 24.3 Å². The number of aromatic amines is 1. The topological polar surface area (TPSA) is 96.0 Å². The fourth-order valence-electron chi connectivity index (χ4n) is 2.89. The summed E-state index contributed by atoms with van der Waals surface area (Å²) >= 11 is 0. The van der Waals surface area contributed by atoms with Crippen LogP contribution in [-0.2, 0) is 17.9 Å². The molecule has 0 fully saturated rings. The summed E-state index contributed by atoms with van der Waals surface area (Å²) in [5, 5.41) is 9.33. The van der Waals surface area contributed by atoms with E-state index in [1.165, 1.54) is 4.68 Å². The Bertz CT molecular complexity index is 1070. The molecule has 2 aromatic carbocycles. The average Bonchev–Trinajstić information content (AvgIpc) is 2.69. The molecule has 0 spiro atoms. The summed E-state index contributed by atoms with van der Waals surface area (Å²) in [7, 11) is 0. The second-order valence-corrected chi connectivity index (χ2v) is 6.18. The van der Waals surface area contributed by atoms with Crippen molar-refractivity contribution in [2.45, 2.75) is 26.4 Å². The number of anilines is 1. The zero-order valence-corrected chi connectivity index (χ0v) is 15.1. The van der Waals surface area contributed by atoms with E-state index in [0.717, 1.165) is 17.8 Å². The van der Waals surface area contributed by atoms with E-state index in [0.29, 0.717) is 17.3 Å². The van der Waals surface area contributed by atoms with Gasteiger partial charge in [0.15, 0.2) is 0 Å². The van der Waals surface area contributed by atoms with Crippen LogP contribution in [0.4, 0.5) is 5.69 Å². The molecule has 1 amide bonds. The van der Waals surface area contributed by atoms with Gasteiger partial charge in [0.05, 0.1) is 17.3 Å². The van der Waals surface area contributed by atoms with Gasteiger partial charge in [-0.3, -0.25) is 19.5 Å². The second kappa shape index (κ2) is 8.46. The minimum absolute atomic E-state index is 0.0731. The number of fused-ring (bicyclic) bond motifs is 1. The van der Waals surface area contributed by atoms with Gasteiger partial charge >= 0.3 is 0 Å². The quantitative estimate of drug-likeness (QED) is 0.594. The largest absolute Gasteiger partial charge is 0.326 e. The third-order valence-corrected chi connectivity index (χ3v) is 4.30. The van der Waals surface area contributed by atoms with Crippen molar-refractivity contribution in [3.05, 3.63) is 74.8 Å². The zero-order valence-electron chi connectivity index (χ0n) is 15.1. The van der Waals surface area contributed by atoms with Gasteiger partial charge in [-0.05, 0) is 30.3 Å². The van der Waals surface area contributed by atoms with Crippen LogP contribution in [0.1, 0.15) is 18.9 Å². The van der Waals surface area contributed by atoms with Crippen molar-refractivity contribution in [3.8, 4) is 0 Å². The van der Waals surface area contributed by atoms with Crippen LogP contribution in [0.2, 0.25) is 0 Å². The van der Waals surface area contributed by atoms with Gasteiger partial charge in [-0.15, -0.1) is 0 Å². The van der Waals surface area contributed by atoms with Crippen molar-refractivity contribution >= 4 is 22.4 Å². The normalized spacial score (nSPS) is 10.9. The number of aryl methyl sites for hydroxylation is 1. The highest BCUT2D eigenvalue weighted by Gasteiger charge is 2.10. The molecule has 0 aliphatic rings. The molecule has 1 heterocycles. The first-order valence-electron chi connectivity index (χ1n) is 8.90. The predicted octanol–water partition coefficient (Wildman–Crippen LogP) is 1.83. The summed E-state index contributed by atoms with van der Waals surface area (Å²) in [4.78, 5) is 36.9. The number of H-pyrrole nitrogens is 1. The molecule has 3 rings (SSSR count). The van der Waals surface area contributed by atoms with E-state index in [2.05, 4.69) is 15.7 Å². The molecule has 3 aromatic rings. The smallest absolute Gasteiger partial charge is 0.273 e. The number of amides is 1. The van der Waals surface area contributed by atoms with Crippen LogP contribution in [0.5, 0.6) is 0 Å². The number of benzene rings is 2. The van der Waals surface area contributed by atoms with E-state index in [4.69, 9.17) is 0 Å². The number of carbonyl (C=O) groups is 1. The Labute approximate surface area is 156 Å². The average molecular weight is 366 g/mol. The first-order chi connectivity index (χ1) is 13.1. The maximum Gasteiger partial charge on any atom is 0.273 e. The van der Waals surface area contributed by atoms with Crippen molar-refractivity contribution < 1.29 is 4.79 Å². The molecule has 1 aromatic heterocycles. The van der Waals surface area contributed by atoms with Crippen LogP contribution in [0, 0.1) is 0 Å². The number of hydrogen-bond acceptors (Lipinski definition) is 4. The Balaban J connectivity index is 1.72. The van der Waals surface area contributed by atoms with E-state index < -0.39 is 0 Å². The van der Waals surface area contributed by atoms with Crippen molar-refractivity contribution in [1.29, 1.82) is 0 Å². The Morgan fingerprint density at radius 1 is 1.04 bits per heavy atom. The zero-order chi connectivity index (χ0) is 19.2. The Hall–Kier alpha value is -3.19. The molecule has 0 aliphatic heterocycles. The molecule has 3 N–H and O–H groups in total. The Morgan fingerprint density at radius 2 is 1.74 bits per heavy atom. The van der Waals surface area contributed by atoms with Crippen LogP contribution >= 0.6 is 0 Å². The summed E-state index contributed by atoms with van der Waals surface area (Å²) < 4.78 is 1.19. The van der Waals surface area contributed by atoms with Crippen molar-refractivity contribution in [2.75, 3.05) is 11.9 Å². The lowest BCUT2D eigenvalue weighted by molar-refractivity contribution is -0.116. The number of nitrogens with one attached hydrogen (secondary N) is 3. The number of hydrogen-bond donors (Lipinski definition) is 3. The number of nitrogens with zero attached hydrogens (tertiary/aromatic N) is 1. The van der Waals surface area contributed by atoms with Gasteiger partial charge in [0, 0.05) is 18.7 Å². The molecule has 0 radical (unpaired) electrons. The lowest BCUT2D eigenvalue weighted by Crippen LogP contribution is -2.31. The number of rotatable bonds is 7. The fourth-order valence-corrected chi connectivity index (χ4v) is 2.89. The predicted molar refractivity (Wildman–Crippen MR) is 106 cm³/mol. The number of para-hydroxylation sites is 1. The Kier molecular flexibility index (Phi) is 5.83. The van der Waals surface area contributed by atoms with Crippen LogP contribution in [0.25, 0.3) is 10.8 Å². The lowest BCUT2D eigenvalue weighted by atomic mass is 10.1. The second-order valence-electron chi connectivity index (χ2n) is 6.18. The van der Waals surface area contributed by atoms with Crippen LogP contribution < -0.4 is 21.8 Å². The van der Waals surface area contributed by atoms with E-state index in [9.17, 15) is 14.4 Å². The van der Waals surface area contributed by atoms with Crippen LogP contribution in [0.15, 0.2) is 58.1 Å². The molecule has 140 valence electrons. The maximum atomic E-state index is 12.5. The molecule has 0 saturated heterocycles. The fraction of sp³-hybridized carbons (Fsp3) is 0.250. The molecular weight excluding hydrogens is 344 g/mol. The van der Waals surface area contributed by atoms with Gasteiger partial charge in [-0.2, -0.15) is 0 Å². The lowest BCUT2D eigenvalue weighted by Gasteiger charge is -2.12. The van der Waals surface area contributed by atoms with E-state index >= 15 is 0 Å². The van der Waals surface area contributed by atoms with Crippen molar-refractivity contribution in [1.82, 2.24) is 15.1 Å². The molecule has 0 aliphatic carbocycles. The third kappa shape index (κ3) is 4.32. The first kappa shape index (κ1) is 18.6. The molecule has 0 bridgehead atoms. The van der Waals surface area contributed by atoms with E-state index in [-0.39, 0.29) is 30.0 Å². The van der Waals surface area contributed by atoms with Gasteiger partial charge in [-0.25, -0.2) is 4.68 Å². The van der Waals surface area contributed by atoms with Crippen molar-refractivity contribution in [2.24, 2.45) is 0 Å². The number of carbonyl (C=O) groups excluding carboxylic acids is 1. The first-order valence-corrected chi connectivity index (χ1v) is 8.90. The van der Waals surface area contributed by atoms with Gasteiger partial charge < -0.3 is 10.6 Å². The monoisotopic (exact) mass is 366 g/mol. The van der Waals surface area contributed by atoms with Crippen LogP contribution in [0.3, 0.4) is 0 Å². The standard InChI is InChI=1S/C20H22N4O3/c1-2-21-13-14-7-3-6-10-17(14)22-18(25)11-12-24-20(27)16-9-5-4-8-15(16)19(26)23-24/h3-10,21H,2,11-13H2,1H3,(H,22,25)(H,23,26). The summed E-state index contributed by atoms with van der Waals surface area (Å²) in [6.07, 6.45) is 0.0731. The summed E-state index contributed by atoms with van der Waals surface area (Å²) in [6, 6.07) is 14.2. The minimum Gasteiger partial charge on any atom is -0.326 e. The SMILES string of the molecule is CCNCc1ccccc1NC(=O)CCn1[nH]c(=O)c2ccccc2c1=O. The van der Waals surface area contributed by atoms with Crippen molar-refractivity contribution in [3.63, 3.8) is 0 Å². The minimum atomic E-state index is -0.346. The molecule has 7 nitrogen and oxygen atoms in total. The van der Waals surface area contributed by atoms with Gasteiger partial charge in [0.2, 0.25) is 5.91 Å². The Morgan fingerprint density at radius 3 is 2.52 bits per heavy atom. The summed E-state index contributed by atoms with van der Waals surface area (Å²) in [5.74, 6) is -0.222. The molecule has 7 heteroatoms. The highest BCUT2D eigenvalue weighted by Crippen LogP contribution is 2.15. The molecule has 27 heavy (non-hydrogen) atoms. The molecule has 0 saturated carbocycles. The van der Waals surface area contributed by atoms with Gasteiger partial charge in [-0.1, -0.05) is 37.3 Å². The van der Waals surface area contributed by atoms with E-state index in [1.807, 2.05) is 31.2 Å². The van der Waals surface area contributed by atoms with Gasteiger partial charge in [0.1, 0.15) is 0 Å². The number of aromatic nitrogens is 2. The molecule has 0 atom stereocenters. The molecule has 0 unspecified atom stereocenters.